The zero-order chi connectivity index (χ0) is 11.1. The second-order valence-electron chi connectivity index (χ2n) is 3.22. The lowest BCUT2D eigenvalue weighted by atomic mass is 10.1. The fraction of sp³-hybridized carbons (Fsp3) is 0. The summed E-state index contributed by atoms with van der Waals surface area (Å²) in [7, 11) is -4.23. The molecule has 0 fully saturated rings. The fourth-order valence-corrected chi connectivity index (χ4v) is 2.26. The third-order valence-electron chi connectivity index (χ3n) is 2.12. The third kappa shape index (κ3) is 2.27. The van der Waals surface area contributed by atoms with Gasteiger partial charge in [-0.25, -0.2) is 0 Å². The molecule has 0 radical (unpaired) electrons. The van der Waals surface area contributed by atoms with Crippen molar-refractivity contribution >= 4 is 39.0 Å². The van der Waals surface area contributed by atoms with Crippen molar-refractivity contribution in [3.8, 4) is 0 Å². The Balaban J connectivity index is 0.00000128. The van der Waals surface area contributed by atoms with E-state index >= 15 is 0 Å². The molecule has 0 aliphatic heterocycles. The molecule has 2 aromatic carbocycles. The van der Waals surface area contributed by atoms with Crippen molar-refractivity contribution in [3.05, 3.63) is 36.4 Å². The van der Waals surface area contributed by atoms with Gasteiger partial charge < -0.3 is 5.73 Å². The third-order valence-corrected chi connectivity index (χ3v) is 3.02. The first-order valence-corrected chi connectivity index (χ1v) is 5.68. The molecule has 2 aromatic rings. The summed E-state index contributed by atoms with van der Waals surface area (Å²) in [5.74, 6) is 0. The minimum absolute atomic E-state index is 0. The van der Waals surface area contributed by atoms with Crippen LogP contribution in [0.5, 0.6) is 0 Å². The van der Waals surface area contributed by atoms with Gasteiger partial charge >= 0.3 is 0 Å². The molecule has 0 aromatic heterocycles. The molecule has 0 amide bonds. The average molecular weight is 260 g/mol. The second kappa shape index (κ2) is 4.29. The van der Waals surface area contributed by atoms with E-state index in [9.17, 15) is 8.42 Å². The Morgan fingerprint density at radius 3 is 2.38 bits per heavy atom. The Labute approximate surface area is 99.2 Å². The van der Waals surface area contributed by atoms with Crippen molar-refractivity contribution < 1.29 is 13.0 Å². The van der Waals surface area contributed by atoms with Crippen LogP contribution >= 0.6 is 12.4 Å². The smallest absolute Gasteiger partial charge is 0.295 e. The first-order chi connectivity index (χ1) is 6.98. The van der Waals surface area contributed by atoms with Gasteiger partial charge in [-0.3, -0.25) is 4.55 Å². The summed E-state index contributed by atoms with van der Waals surface area (Å²) in [5.41, 5.74) is 5.85. The Morgan fingerprint density at radius 1 is 1.12 bits per heavy atom. The predicted octanol–water partition coefficient (Wildman–Crippen LogP) is 2.09. The quantitative estimate of drug-likeness (QED) is 0.607. The zero-order valence-corrected chi connectivity index (χ0v) is 9.75. The van der Waals surface area contributed by atoms with Crippen molar-refractivity contribution in [2.24, 2.45) is 0 Å². The van der Waals surface area contributed by atoms with E-state index < -0.39 is 10.1 Å². The van der Waals surface area contributed by atoms with Crippen molar-refractivity contribution in [3.63, 3.8) is 0 Å². The van der Waals surface area contributed by atoms with E-state index in [-0.39, 0.29) is 17.3 Å². The highest BCUT2D eigenvalue weighted by atomic mass is 35.5. The van der Waals surface area contributed by atoms with Crippen molar-refractivity contribution in [2.45, 2.75) is 4.90 Å². The maximum absolute atomic E-state index is 11.1. The summed E-state index contributed by atoms with van der Waals surface area (Å²) < 4.78 is 31.2. The van der Waals surface area contributed by atoms with E-state index in [0.29, 0.717) is 16.5 Å². The molecule has 0 bridgehead atoms. The van der Waals surface area contributed by atoms with Crippen LogP contribution < -0.4 is 5.73 Å². The van der Waals surface area contributed by atoms with Crippen LogP contribution in [0.15, 0.2) is 41.3 Å². The monoisotopic (exact) mass is 259 g/mol. The fourth-order valence-electron chi connectivity index (χ4n) is 1.51. The topological polar surface area (TPSA) is 80.4 Å². The molecule has 0 saturated heterocycles. The number of hydrogen-bond acceptors (Lipinski definition) is 3. The summed E-state index contributed by atoms with van der Waals surface area (Å²) >= 11 is 0. The van der Waals surface area contributed by atoms with Crippen molar-refractivity contribution in [1.82, 2.24) is 0 Å². The summed E-state index contributed by atoms with van der Waals surface area (Å²) in [6, 6.07) is 9.74. The molecular formula is C10H10ClNO3S. The predicted molar refractivity (Wildman–Crippen MR) is 65.4 cm³/mol. The molecule has 0 aliphatic rings. The molecule has 0 atom stereocenters. The van der Waals surface area contributed by atoms with Gasteiger partial charge in [-0.15, -0.1) is 12.4 Å². The minimum Gasteiger partial charge on any atom is -0.399 e. The van der Waals surface area contributed by atoms with Crippen LogP contribution in [-0.2, 0) is 10.1 Å². The summed E-state index contributed by atoms with van der Waals surface area (Å²) in [5, 5.41) is 1.15. The summed E-state index contributed by atoms with van der Waals surface area (Å²) in [6.07, 6.45) is 0. The molecule has 2 rings (SSSR count). The maximum atomic E-state index is 11.1. The number of rotatable bonds is 1. The Morgan fingerprint density at radius 2 is 1.75 bits per heavy atom. The van der Waals surface area contributed by atoms with Crippen LogP contribution in [0.4, 0.5) is 5.69 Å². The standard InChI is InChI=1S/C10H9NO3S.ClH/c11-8-5-7-3-1-2-4-9(7)10(6-8)15(12,13)14;/h1-6H,11H2,(H,12,13,14);1H. The number of fused-ring (bicyclic) bond motifs is 1. The maximum Gasteiger partial charge on any atom is 0.295 e. The molecule has 4 nitrogen and oxygen atoms in total. The molecule has 86 valence electrons. The summed E-state index contributed by atoms with van der Waals surface area (Å²) in [4.78, 5) is -0.155. The van der Waals surface area contributed by atoms with Crippen molar-refractivity contribution in [1.29, 1.82) is 0 Å². The second-order valence-corrected chi connectivity index (χ2v) is 4.61. The van der Waals surface area contributed by atoms with Crippen LogP contribution in [0.2, 0.25) is 0 Å². The Kier molecular flexibility index (Phi) is 3.42. The largest absolute Gasteiger partial charge is 0.399 e. The molecule has 0 saturated carbocycles. The highest BCUT2D eigenvalue weighted by Gasteiger charge is 2.14. The number of anilines is 1. The van der Waals surface area contributed by atoms with Gasteiger partial charge in [0.25, 0.3) is 10.1 Å². The number of halogens is 1. The molecule has 0 unspecified atom stereocenters. The van der Waals surface area contributed by atoms with Crippen molar-refractivity contribution in [2.75, 3.05) is 5.73 Å². The lowest BCUT2D eigenvalue weighted by Crippen LogP contribution is -2.00. The highest BCUT2D eigenvalue weighted by Crippen LogP contribution is 2.25. The van der Waals surface area contributed by atoms with Crippen LogP contribution in [0.3, 0.4) is 0 Å². The Hall–Kier alpha value is -1.30. The lowest BCUT2D eigenvalue weighted by molar-refractivity contribution is 0.484. The van der Waals surface area contributed by atoms with E-state index in [1.54, 1.807) is 30.3 Å². The van der Waals surface area contributed by atoms with Gasteiger partial charge in [-0.05, 0) is 17.5 Å². The van der Waals surface area contributed by atoms with Gasteiger partial charge in [0.2, 0.25) is 0 Å². The van der Waals surface area contributed by atoms with Gasteiger partial charge in [-0.2, -0.15) is 8.42 Å². The van der Waals surface area contributed by atoms with E-state index in [4.69, 9.17) is 10.3 Å². The van der Waals surface area contributed by atoms with E-state index in [2.05, 4.69) is 0 Å². The van der Waals surface area contributed by atoms with Gasteiger partial charge in [0, 0.05) is 11.1 Å². The van der Waals surface area contributed by atoms with Crippen LogP contribution in [0.1, 0.15) is 0 Å². The highest BCUT2D eigenvalue weighted by molar-refractivity contribution is 7.86. The molecular weight excluding hydrogens is 250 g/mol. The van der Waals surface area contributed by atoms with Crippen LogP contribution in [-0.4, -0.2) is 13.0 Å². The molecule has 6 heteroatoms. The lowest BCUT2D eigenvalue weighted by Gasteiger charge is -2.04. The Bertz CT molecular complexity index is 625. The average Bonchev–Trinajstić information content (AvgIpc) is 2.15. The normalized spacial score (nSPS) is 11.1. The zero-order valence-electron chi connectivity index (χ0n) is 8.12. The van der Waals surface area contributed by atoms with Gasteiger partial charge in [-0.1, -0.05) is 24.3 Å². The number of hydrogen-bond donors (Lipinski definition) is 2. The van der Waals surface area contributed by atoms with Gasteiger partial charge in [0.15, 0.2) is 0 Å². The molecule has 0 spiro atoms. The van der Waals surface area contributed by atoms with Gasteiger partial charge in [0.1, 0.15) is 4.90 Å². The summed E-state index contributed by atoms with van der Waals surface area (Å²) in [6.45, 7) is 0. The van der Waals surface area contributed by atoms with E-state index in [1.807, 2.05) is 0 Å². The first-order valence-electron chi connectivity index (χ1n) is 4.24. The molecule has 16 heavy (non-hydrogen) atoms. The molecule has 3 N–H and O–H groups in total. The number of nitrogen functional groups attached to an aromatic ring is 1. The minimum atomic E-state index is -4.23. The number of nitrogens with two attached hydrogens (primary N) is 1. The van der Waals surface area contributed by atoms with Crippen LogP contribution in [0, 0.1) is 0 Å². The van der Waals surface area contributed by atoms with Gasteiger partial charge in [0.05, 0.1) is 0 Å². The SMILES string of the molecule is Cl.Nc1cc(S(=O)(=O)O)c2ccccc2c1. The van der Waals surface area contributed by atoms with E-state index in [0.717, 1.165) is 0 Å². The first kappa shape index (κ1) is 12.8. The molecule has 0 heterocycles. The van der Waals surface area contributed by atoms with Crippen LogP contribution in [0.25, 0.3) is 10.8 Å². The van der Waals surface area contributed by atoms with E-state index in [1.165, 1.54) is 6.07 Å². The molecule has 0 aliphatic carbocycles. The number of benzene rings is 2.